The van der Waals surface area contributed by atoms with Gasteiger partial charge in [0.05, 0.1) is 18.4 Å². The topological polar surface area (TPSA) is 53.1 Å². The number of hydrogen-bond donors (Lipinski definition) is 1. The molecular weight excluding hydrogens is 257 g/mol. The Balaban J connectivity index is 2.64. The highest BCUT2D eigenvalue weighted by molar-refractivity contribution is 6.30. The molecule has 1 aromatic heterocycles. The number of imidazole rings is 1. The van der Waals surface area contributed by atoms with Gasteiger partial charge < -0.3 is 15.0 Å². The molecule has 6 heteroatoms. The van der Waals surface area contributed by atoms with Crippen molar-refractivity contribution in [3.05, 3.63) is 34.9 Å². The first kappa shape index (κ1) is 12.9. The Kier molecular flexibility index (Phi) is 3.54. The second-order valence-electron chi connectivity index (χ2n) is 3.78. The fraction of sp³-hybridized carbons (Fsp3) is 0.250. The van der Waals surface area contributed by atoms with Crippen molar-refractivity contribution in [3.63, 3.8) is 0 Å². The lowest BCUT2D eigenvalue weighted by Gasteiger charge is -2.08. The van der Waals surface area contributed by atoms with Crippen molar-refractivity contribution in [2.45, 2.75) is 6.54 Å². The van der Waals surface area contributed by atoms with Crippen molar-refractivity contribution in [2.75, 3.05) is 7.11 Å². The van der Waals surface area contributed by atoms with Crippen LogP contribution in [0.15, 0.2) is 18.2 Å². The lowest BCUT2D eigenvalue weighted by molar-refractivity contribution is 0.415. The van der Waals surface area contributed by atoms with E-state index in [0.29, 0.717) is 28.0 Å². The zero-order chi connectivity index (χ0) is 13.3. The second-order valence-corrected chi connectivity index (χ2v) is 4.14. The van der Waals surface area contributed by atoms with E-state index in [1.807, 2.05) is 0 Å². The maximum absolute atomic E-state index is 13.3. The Morgan fingerprint density at radius 3 is 2.78 bits per heavy atom. The number of nitrogens with two attached hydrogens (primary N) is 1. The molecule has 0 amide bonds. The first-order valence-corrected chi connectivity index (χ1v) is 5.71. The van der Waals surface area contributed by atoms with Gasteiger partial charge in [0.25, 0.3) is 0 Å². The van der Waals surface area contributed by atoms with Crippen LogP contribution in [0.25, 0.3) is 11.4 Å². The summed E-state index contributed by atoms with van der Waals surface area (Å²) in [6.45, 7) is 0.226. The Hall–Kier alpha value is -1.59. The molecular formula is C12H13ClFN3O. The van der Waals surface area contributed by atoms with Crippen molar-refractivity contribution in [1.29, 1.82) is 0 Å². The predicted octanol–water partition coefficient (Wildman–Crippen LogP) is 2.35. The first-order chi connectivity index (χ1) is 8.58. The SMILES string of the molecule is COc1ccc(F)cc1-c1nc(CN)c(Cl)n1C. The van der Waals surface area contributed by atoms with E-state index >= 15 is 0 Å². The minimum atomic E-state index is -0.362. The van der Waals surface area contributed by atoms with E-state index in [4.69, 9.17) is 22.1 Å². The number of methoxy groups -OCH3 is 1. The van der Waals surface area contributed by atoms with Crippen LogP contribution >= 0.6 is 11.6 Å². The number of hydrogen-bond acceptors (Lipinski definition) is 3. The summed E-state index contributed by atoms with van der Waals surface area (Å²) < 4.78 is 20.2. The van der Waals surface area contributed by atoms with Crippen molar-refractivity contribution in [3.8, 4) is 17.1 Å². The molecule has 2 aromatic rings. The van der Waals surface area contributed by atoms with Gasteiger partial charge in [-0.05, 0) is 18.2 Å². The summed E-state index contributed by atoms with van der Waals surface area (Å²) in [6.07, 6.45) is 0. The molecule has 0 fully saturated rings. The van der Waals surface area contributed by atoms with E-state index in [9.17, 15) is 4.39 Å². The van der Waals surface area contributed by atoms with Crippen molar-refractivity contribution < 1.29 is 9.13 Å². The standard InChI is InChI=1S/C12H13ClFN3O/c1-17-11(13)9(6-15)16-12(17)8-5-7(14)3-4-10(8)18-2/h3-5H,6,15H2,1-2H3. The zero-order valence-corrected chi connectivity index (χ0v) is 10.8. The Morgan fingerprint density at radius 2 is 2.22 bits per heavy atom. The van der Waals surface area contributed by atoms with Crippen molar-refractivity contribution >= 4 is 11.6 Å². The molecule has 0 spiro atoms. The van der Waals surface area contributed by atoms with Gasteiger partial charge >= 0.3 is 0 Å². The lowest BCUT2D eigenvalue weighted by Crippen LogP contribution is -1.97. The van der Waals surface area contributed by atoms with Crippen LogP contribution in [0.3, 0.4) is 0 Å². The predicted molar refractivity (Wildman–Crippen MR) is 68.1 cm³/mol. The van der Waals surface area contributed by atoms with Gasteiger partial charge in [0.1, 0.15) is 22.5 Å². The lowest BCUT2D eigenvalue weighted by atomic mass is 10.2. The highest BCUT2D eigenvalue weighted by atomic mass is 35.5. The maximum atomic E-state index is 13.3. The highest BCUT2D eigenvalue weighted by Crippen LogP contribution is 2.32. The molecule has 0 saturated heterocycles. The van der Waals surface area contributed by atoms with E-state index in [1.54, 1.807) is 17.7 Å². The number of rotatable bonds is 3. The normalized spacial score (nSPS) is 10.7. The van der Waals surface area contributed by atoms with Crippen molar-refractivity contribution in [1.82, 2.24) is 9.55 Å². The fourth-order valence-electron chi connectivity index (χ4n) is 1.76. The summed E-state index contributed by atoms with van der Waals surface area (Å²) >= 11 is 6.09. The average Bonchev–Trinajstić information content (AvgIpc) is 2.66. The number of halogens is 2. The molecule has 1 aromatic carbocycles. The van der Waals surface area contributed by atoms with Gasteiger partial charge in [-0.2, -0.15) is 0 Å². The Morgan fingerprint density at radius 1 is 1.50 bits per heavy atom. The molecule has 2 rings (SSSR count). The van der Waals surface area contributed by atoms with Crippen LogP contribution in [0, 0.1) is 5.82 Å². The van der Waals surface area contributed by atoms with Gasteiger partial charge in [0.15, 0.2) is 0 Å². The van der Waals surface area contributed by atoms with Crippen molar-refractivity contribution in [2.24, 2.45) is 12.8 Å². The molecule has 18 heavy (non-hydrogen) atoms. The van der Waals surface area contributed by atoms with Gasteiger partial charge in [-0.1, -0.05) is 11.6 Å². The van der Waals surface area contributed by atoms with Crippen LogP contribution in [-0.2, 0) is 13.6 Å². The Labute approximate surface area is 109 Å². The van der Waals surface area contributed by atoms with E-state index in [2.05, 4.69) is 4.98 Å². The van der Waals surface area contributed by atoms with Gasteiger partial charge in [0.2, 0.25) is 0 Å². The third-order valence-corrected chi connectivity index (χ3v) is 3.16. The third-order valence-electron chi connectivity index (χ3n) is 2.69. The van der Waals surface area contributed by atoms with Crippen LogP contribution in [-0.4, -0.2) is 16.7 Å². The number of benzene rings is 1. The fourth-order valence-corrected chi connectivity index (χ4v) is 1.96. The van der Waals surface area contributed by atoms with E-state index in [1.165, 1.54) is 19.2 Å². The minimum Gasteiger partial charge on any atom is -0.496 e. The summed E-state index contributed by atoms with van der Waals surface area (Å²) in [4.78, 5) is 4.31. The van der Waals surface area contributed by atoms with Crippen LogP contribution in [0.2, 0.25) is 5.15 Å². The second kappa shape index (κ2) is 4.96. The Bertz CT molecular complexity index is 583. The van der Waals surface area contributed by atoms with E-state index in [-0.39, 0.29) is 12.4 Å². The summed E-state index contributed by atoms with van der Waals surface area (Å²) in [5, 5.41) is 0.443. The summed E-state index contributed by atoms with van der Waals surface area (Å²) in [5.74, 6) is 0.695. The van der Waals surface area contributed by atoms with Gasteiger partial charge in [-0.25, -0.2) is 9.37 Å². The summed E-state index contributed by atoms with van der Waals surface area (Å²) in [5.41, 5.74) is 6.66. The van der Waals surface area contributed by atoms with Crippen LogP contribution in [0.1, 0.15) is 5.69 Å². The molecule has 96 valence electrons. The first-order valence-electron chi connectivity index (χ1n) is 5.33. The molecule has 0 unspecified atom stereocenters. The van der Waals surface area contributed by atoms with Gasteiger partial charge in [0, 0.05) is 13.6 Å². The molecule has 4 nitrogen and oxygen atoms in total. The number of nitrogens with zero attached hydrogens (tertiary/aromatic N) is 2. The molecule has 0 saturated carbocycles. The summed E-state index contributed by atoms with van der Waals surface area (Å²) in [7, 11) is 3.26. The monoisotopic (exact) mass is 269 g/mol. The molecule has 0 aliphatic carbocycles. The van der Waals surface area contributed by atoms with Gasteiger partial charge in [-0.15, -0.1) is 0 Å². The van der Waals surface area contributed by atoms with Crippen LogP contribution < -0.4 is 10.5 Å². The van der Waals surface area contributed by atoms with E-state index < -0.39 is 0 Å². The molecule has 0 aliphatic rings. The smallest absolute Gasteiger partial charge is 0.145 e. The molecule has 0 aliphatic heterocycles. The quantitative estimate of drug-likeness (QED) is 0.931. The molecule has 0 atom stereocenters. The summed E-state index contributed by atoms with van der Waals surface area (Å²) in [6, 6.07) is 4.24. The molecule has 2 N–H and O–H groups in total. The number of aromatic nitrogens is 2. The largest absolute Gasteiger partial charge is 0.496 e. The zero-order valence-electron chi connectivity index (χ0n) is 10.1. The van der Waals surface area contributed by atoms with Crippen LogP contribution in [0.4, 0.5) is 4.39 Å². The highest BCUT2D eigenvalue weighted by Gasteiger charge is 2.17. The molecule has 0 bridgehead atoms. The molecule has 1 heterocycles. The average molecular weight is 270 g/mol. The van der Waals surface area contributed by atoms with E-state index in [0.717, 1.165) is 0 Å². The van der Waals surface area contributed by atoms with Gasteiger partial charge in [-0.3, -0.25) is 0 Å². The number of ether oxygens (including phenoxy) is 1. The third kappa shape index (κ3) is 2.07. The molecule has 0 radical (unpaired) electrons. The van der Waals surface area contributed by atoms with Crippen LogP contribution in [0.5, 0.6) is 5.75 Å². The maximum Gasteiger partial charge on any atom is 0.145 e. The minimum absolute atomic E-state index is 0.226.